The van der Waals surface area contributed by atoms with Gasteiger partial charge in [0.25, 0.3) is 0 Å². The molecule has 0 radical (unpaired) electrons. The van der Waals surface area contributed by atoms with E-state index in [2.05, 4.69) is 30.1 Å². The van der Waals surface area contributed by atoms with Gasteiger partial charge in [-0.3, -0.25) is 9.69 Å². The molecule has 0 saturated carbocycles. The lowest BCUT2D eigenvalue weighted by Gasteiger charge is -2.28. The molecular formula is C23H26N2O2. The zero-order chi connectivity index (χ0) is 19.2. The van der Waals surface area contributed by atoms with Crippen LogP contribution in [0.4, 0.5) is 5.69 Å². The number of benzene rings is 3. The van der Waals surface area contributed by atoms with Crippen molar-refractivity contribution in [1.82, 2.24) is 4.90 Å². The first-order valence-corrected chi connectivity index (χ1v) is 9.28. The Morgan fingerprint density at radius 1 is 1.07 bits per heavy atom. The highest BCUT2D eigenvalue weighted by atomic mass is 16.5. The summed E-state index contributed by atoms with van der Waals surface area (Å²) in [6.45, 7) is 5.30. The summed E-state index contributed by atoms with van der Waals surface area (Å²) in [4.78, 5) is 14.9. The van der Waals surface area contributed by atoms with Crippen molar-refractivity contribution in [3.05, 3.63) is 72.3 Å². The van der Waals surface area contributed by atoms with Gasteiger partial charge in [-0.2, -0.15) is 0 Å². The molecule has 0 aliphatic heterocycles. The first-order chi connectivity index (χ1) is 13.1. The zero-order valence-corrected chi connectivity index (χ0v) is 16.1. The predicted octanol–water partition coefficient (Wildman–Crippen LogP) is 4.87. The average Bonchev–Trinajstić information content (AvgIpc) is 2.72. The van der Waals surface area contributed by atoms with Crippen LogP contribution in [0.25, 0.3) is 10.8 Å². The van der Waals surface area contributed by atoms with E-state index in [1.807, 2.05) is 60.7 Å². The Balaban J connectivity index is 1.72. The minimum atomic E-state index is -0.0112. The molecule has 3 aromatic carbocycles. The number of nitrogens with one attached hydrogen (secondary N) is 1. The summed E-state index contributed by atoms with van der Waals surface area (Å²) in [7, 11) is 1.67. The fourth-order valence-corrected chi connectivity index (χ4v) is 3.34. The average molecular weight is 362 g/mol. The Labute approximate surface area is 160 Å². The van der Waals surface area contributed by atoms with E-state index in [9.17, 15) is 4.79 Å². The molecule has 1 atom stereocenters. The maximum atomic E-state index is 12.7. The van der Waals surface area contributed by atoms with E-state index in [1.165, 1.54) is 0 Å². The van der Waals surface area contributed by atoms with Crippen LogP contribution in [-0.2, 0) is 4.79 Å². The number of ether oxygens (including phenoxy) is 1. The third-order valence-corrected chi connectivity index (χ3v) is 4.94. The number of likely N-dealkylation sites (N-methyl/N-ethyl adjacent to an activating group) is 1. The Kier molecular flexibility index (Phi) is 6.09. The number of hydrogen-bond donors (Lipinski definition) is 1. The summed E-state index contributed by atoms with van der Waals surface area (Å²) < 4.78 is 5.32. The first-order valence-electron chi connectivity index (χ1n) is 9.28. The second-order valence-corrected chi connectivity index (χ2v) is 6.59. The number of nitrogens with zero attached hydrogens (tertiary/aromatic N) is 1. The van der Waals surface area contributed by atoms with Gasteiger partial charge in [-0.25, -0.2) is 0 Å². The SMILES string of the molecule is CCN(CC(=O)Nc1cccc2ccccc12)C(C)c1cccc(OC)c1. The number of carbonyl (C=O) groups excluding carboxylic acids is 1. The van der Waals surface area contributed by atoms with E-state index in [0.29, 0.717) is 6.54 Å². The number of hydrogen-bond acceptors (Lipinski definition) is 3. The van der Waals surface area contributed by atoms with Crippen molar-refractivity contribution in [2.75, 3.05) is 25.5 Å². The maximum Gasteiger partial charge on any atom is 0.238 e. The lowest BCUT2D eigenvalue weighted by atomic mass is 10.1. The third kappa shape index (κ3) is 4.47. The Hall–Kier alpha value is -2.85. The van der Waals surface area contributed by atoms with Gasteiger partial charge in [0.05, 0.1) is 13.7 Å². The normalized spacial score (nSPS) is 12.1. The minimum absolute atomic E-state index is 0.0112. The van der Waals surface area contributed by atoms with Gasteiger partial charge in [-0.15, -0.1) is 0 Å². The molecule has 4 nitrogen and oxygen atoms in total. The largest absolute Gasteiger partial charge is 0.497 e. The zero-order valence-electron chi connectivity index (χ0n) is 16.1. The molecule has 4 heteroatoms. The third-order valence-electron chi connectivity index (χ3n) is 4.94. The minimum Gasteiger partial charge on any atom is -0.497 e. The molecule has 1 N–H and O–H groups in total. The maximum absolute atomic E-state index is 12.7. The smallest absolute Gasteiger partial charge is 0.238 e. The molecular weight excluding hydrogens is 336 g/mol. The van der Waals surface area contributed by atoms with Gasteiger partial charge in [-0.1, -0.05) is 55.5 Å². The number of anilines is 1. The van der Waals surface area contributed by atoms with Gasteiger partial charge >= 0.3 is 0 Å². The second-order valence-electron chi connectivity index (χ2n) is 6.59. The van der Waals surface area contributed by atoms with Crippen LogP contribution in [-0.4, -0.2) is 31.0 Å². The summed E-state index contributed by atoms with van der Waals surface area (Å²) >= 11 is 0. The van der Waals surface area contributed by atoms with Crippen molar-refractivity contribution in [2.45, 2.75) is 19.9 Å². The highest BCUT2D eigenvalue weighted by Gasteiger charge is 2.18. The molecule has 3 rings (SSSR count). The molecule has 0 fully saturated rings. The number of fused-ring (bicyclic) bond motifs is 1. The summed E-state index contributed by atoms with van der Waals surface area (Å²) in [6.07, 6.45) is 0. The van der Waals surface area contributed by atoms with Crippen molar-refractivity contribution in [2.24, 2.45) is 0 Å². The molecule has 0 bridgehead atoms. The fraction of sp³-hybridized carbons (Fsp3) is 0.261. The van der Waals surface area contributed by atoms with Crippen molar-refractivity contribution in [3.63, 3.8) is 0 Å². The summed E-state index contributed by atoms with van der Waals surface area (Å²) in [5.74, 6) is 0.818. The van der Waals surface area contributed by atoms with E-state index < -0.39 is 0 Å². The predicted molar refractivity (Wildman–Crippen MR) is 111 cm³/mol. The molecule has 0 aromatic heterocycles. The van der Waals surface area contributed by atoms with E-state index in [0.717, 1.165) is 34.3 Å². The number of carbonyl (C=O) groups is 1. The van der Waals surface area contributed by atoms with Gasteiger partial charge in [0.15, 0.2) is 0 Å². The molecule has 140 valence electrons. The summed E-state index contributed by atoms with van der Waals surface area (Å²) in [5.41, 5.74) is 1.98. The van der Waals surface area contributed by atoms with E-state index in [1.54, 1.807) is 7.11 Å². The van der Waals surface area contributed by atoms with Crippen LogP contribution in [0.15, 0.2) is 66.7 Å². The number of amides is 1. The van der Waals surface area contributed by atoms with Crippen LogP contribution in [0.5, 0.6) is 5.75 Å². The Bertz CT molecular complexity index is 918. The number of rotatable bonds is 7. The molecule has 3 aromatic rings. The van der Waals surface area contributed by atoms with E-state index in [4.69, 9.17) is 4.74 Å². The van der Waals surface area contributed by atoms with Gasteiger partial charge in [-0.05, 0) is 42.6 Å². The highest BCUT2D eigenvalue weighted by Crippen LogP contribution is 2.25. The molecule has 0 aliphatic carbocycles. The molecule has 0 heterocycles. The van der Waals surface area contributed by atoms with Crippen molar-refractivity contribution >= 4 is 22.4 Å². The summed E-state index contributed by atoms with van der Waals surface area (Å²) in [6, 6.07) is 22.1. The van der Waals surface area contributed by atoms with Gasteiger partial charge in [0.2, 0.25) is 5.91 Å². The first kappa shape index (κ1) is 18.9. The van der Waals surface area contributed by atoms with Crippen LogP contribution < -0.4 is 10.1 Å². The lowest BCUT2D eigenvalue weighted by molar-refractivity contribution is -0.117. The van der Waals surface area contributed by atoms with Crippen LogP contribution in [0.3, 0.4) is 0 Å². The van der Waals surface area contributed by atoms with Crippen molar-refractivity contribution < 1.29 is 9.53 Å². The lowest BCUT2D eigenvalue weighted by Crippen LogP contribution is -2.35. The Morgan fingerprint density at radius 2 is 1.81 bits per heavy atom. The van der Waals surface area contributed by atoms with Gasteiger partial charge in [0, 0.05) is 17.1 Å². The standard InChI is InChI=1S/C23H26N2O2/c1-4-25(17(2)19-11-7-12-20(15-19)27-3)16-23(26)24-22-14-8-10-18-9-5-6-13-21(18)22/h5-15,17H,4,16H2,1-3H3,(H,24,26). The molecule has 0 spiro atoms. The monoisotopic (exact) mass is 362 g/mol. The van der Waals surface area contributed by atoms with Crippen LogP contribution in [0.1, 0.15) is 25.5 Å². The quantitative estimate of drug-likeness (QED) is 0.652. The fourth-order valence-electron chi connectivity index (χ4n) is 3.34. The topological polar surface area (TPSA) is 41.6 Å². The molecule has 0 aliphatic rings. The molecule has 0 saturated heterocycles. The second kappa shape index (κ2) is 8.69. The molecule has 1 amide bonds. The van der Waals surface area contributed by atoms with Crippen LogP contribution in [0, 0.1) is 0 Å². The summed E-state index contributed by atoms with van der Waals surface area (Å²) in [5, 5.41) is 5.24. The van der Waals surface area contributed by atoms with Crippen molar-refractivity contribution in [1.29, 1.82) is 0 Å². The Morgan fingerprint density at radius 3 is 2.59 bits per heavy atom. The van der Waals surface area contributed by atoms with Gasteiger partial charge < -0.3 is 10.1 Å². The molecule has 1 unspecified atom stereocenters. The van der Waals surface area contributed by atoms with E-state index >= 15 is 0 Å². The van der Waals surface area contributed by atoms with Crippen molar-refractivity contribution in [3.8, 4) is 5.75 Å². The van der Waals surface area contributed by atoms with E-state index in [-0.39, 0.29) is 11.9 Å². The van der Waals surface area contributed by atoms with Crippen LogP contribution >= 0.6 is 0 Å². The molecule has 27 heavy (non-hydrogen) atoms. The number of methoxy groups -OCH3 is 1. The van der Waals surface area contributed by atoms with Crippen LogP contribution in [0.2, 0.25) is 0 Å². The highest BCUT2D eigenvalue weighted by molar-refractivity contribution is 6.02. The van der Waals surface area contributed by atoms with Gasteiger partial charge in [0.1, 0.15) is 5.75 Å².